The molecule has 1 rings (SSSR count). The van der Waals surface area contributed by atoms with Crippen LogP contribution < -0.4 is 10.6 Å². The molecule has 8 heteroatoms. The van der Waals surface area contributed by atoms with Gasteiger partial charge in [0.1, 0.15) is 6.20 Å². The zero-order valence-electron chi connectivity index (χ0n) is 10.6. The Balaban J connectivity index is 2.75. The molecule has 2 N–H and O–H groups in total. The van der Waals surface area contributed by atoms with E-state index in [4.69, 9.17) is 0 Å². The van der Waals surface area contributed by atoms with Crippen molar-refractivity contribution in [2.45, 2.75) is 18.6 Å². The number of hydrogen-bond donors (Lipinski definition) is 2. The molecule has 0 bridgehead atoms. The van der Waals surface area contributed by atoms with E-state index in [1.54, 1.807) is 18.8 Å². The smallest absolute Gasteiger partial charge is 0.329 e. The minimum absolute atomic E-state index is 0.106. The molecule has 1 atom stereocenters. The highest BCUT2D eigenvalue weighted by Crippen LogP contribution is 2.22. The van der Waals surface area contributed by atoms with Crippen LogP contribution >= 0.6 is 11.8 Å². The zero-order chi connectivity index (χ0) is 13.5. The van der Waals surface area contributed by atoms with E-state index in [0.29, 0.717) is 17.7 Å². The molecule has 1 unspecified atom stereocenters. The summed E-state index contributed by atoms with van der Waals surface area (Å²) in [5.74, 6) is 0.619. The van der Waals surface area contributed by atoms with E-state index < -0.39 is 4.92 Å². The van der Waals surface area contributed by atoms with Gasteiger partial charge in [0.2, 0.25) is 11.8 Å². The second-order valence-electron chi connectivity index (χ2n) is 3.70. The van der Waals surface area contributed by atoms with E-state index >= 15 is 0 Å². The molecule has 100 valence electrons. The average molecular weight is 271 g/mol. The van der Waals surface area contributed by atoms with Crippen LogP contribution in [0.5, 0.6) is 0 Å². The largest absolute Gasteiger partial charge is 0.364 e. The maximum atomic E-state index is 10.8. The lowest BCUT2D eigenvalue weighted by Crippen LogP contribution is -2.11. The van der Waals surface area contributed by atoms with Crippen molar-refractivity contribution in [3.63, 3.8) is 0 Å². The molecule has 0 radical (unpaired) electrons. The summed E-state index contributed by atoms with van der Waals surface area (Å²) >= 11 is 1.76. The third kappa shape index (κ3) is 4.02. The molecule has 0 aliphatic heterocycles. The lowest BCUT2D eigenvalue weighted by molar-refractivity contribution is -0.384. The van der Waals surface area contributed by atoms with Crippen molar-refractivity contribution < 1.29 is 4.92 Å². The minimum Gasteiger partial charge on any atom is -0.364 e. The number of thioether (sulfide) groups is 1. The molecular weight excluding hydrogens is 254 g/mol. The second kappa shape index (κ2) is 7.00. The molecule has 0 amide bonds. The Morgan fingerprint density at radius 1 is 1.61 bits per heavy atom. The fourth-order valence-corrected chi connectivity index (χ4v) is 1.62. The number of hydrogen-bond acceptors (Lipinski definition) is 7. The first kappa shape index (κ1) is 14.5. The van der Waals surface area contributed by atoms with Crippen LogP contribution in [0, 0.1) is 10.1 Å². The van der Waals surface area contributed by atoms with Crippen molar-refractivity contribution in [1.29, 1.82) is 0 Å². The van der Waals surface area contributed by atoms with Gasteiger partial charge in [-0.3, -0.25) is 10.1 Å². The van der Waals surface area contributed by atoms with E-state index in [0.717, 1.165) is 6.42 Å². The van der Waals surface area contributed by atoms with E-state index in [2.05, 4.69) is 27.5 Å². The summed E-state index contributed by atoms with van der Waals surface area (Å²) in [7, 11) is 1.67. The van der Waals surface area contributed by atoms with Crippen molar-refractivity contribution in [2.75, 3.05) is 30.5 Å². The van der Waals surface area contributed by atoms with Gasteiger partial charge < -0.3 is 10.6 Å². The van der Waals surface area contributed by atoms with Crippen LogP contribution in [0.15, 0.2) is 6.20 Å². The van der Waals surface area contributed by atoms with Gasteiger partial charge in [-0.05, 0) is 12.7 Å². The number of anilines is 2. The Bertz CT molecular complexity index is 415. The molecular formula is C10H17N5O2S. The van der Waals surface area contributed by atoms with Gasteiger partial charge in [0.15, 0.2) is 0 Å². The van der Waals surface area contributed by atoms with Crippen molar-refractivity contribution in [2.24, 2.45) is 0 Å². The first-order valence-electron chi connectivity index (χ1n) is 5.54. The summed E-state index contributed by atoms with van der Waals surface area (Å²) in [5, 5.41) is 17.1. The van der Waals surface area contributed by atoms with Crippen LogP contribution in [-0.4, -0.2) is 40.0 Å². The molecule has 0 aliphatic carbocycles. The third-order valence-corrected chi connectivity index (χ3v) is 3.48. The lowest BCUT2D eigenvalue weighted by Gasteiger charge is -2.10. The summed E-state index contributed by atoms with van der Waals surface area (Å²) in [6.07, 6.45) is 4.16. The highest BCUT2D eigenvalue weighted by atomic mass is 32.2. The van der Waals surface area contributed by atoms with Gasteiger partial charge >= 0.3 is 5.69 Å². The van der Waals surface area contributed by atoms with Gasteiger partial charge in [0, 0.05) is 18.8 Å². The predicted octanol–water partition coefficient (Wildman–Crippen LogP) is 1.98. The van der Waals surface area contributed by atoms with Crippen LogP contribution in [0.3, 0.4) is 0 Å². The van der Waals surface area contributed by atoms with Crippen LogP contribution in [-0.2, 0) is 0 Å². The fourth-order valence-electron chi connectivity index (χ4n) is 1.27. The SMILES string of the molecule is CNc1ncc([N+](=O)[O-])c(NCCC(C)SC)n1. The molecule has 0 fully saturated rings. The Morgan fingerprint density at radius 3 is 2.89 bits per heavy atom. The standard InChI is InChI=1S/C10H17N5O2S/c1-7(18-3)4-5-12-9-8(15(16)17)6-13-10(11-2)14-9/h6-7H,4-5H2,1-3H3,(H2,11,12,13,14). The lowest BCUT2D eigenvalue weighted by atomic mass is 10.3. The van der Waals surface area contributed by atoms with Crippen LogP contribution in [0.4, 0.5) is 17.5 Å². The maximum absolute atomic E-state index is 10.8. The molecule has 0 spiro atoms. The van der Waals surface area contributed by atoms with Gasteiger partial charge in [-0.1, -0.05) is 6.92 Å². The number of nitrogens with zero attached hydrogens (tertiary/aromatic N) is 3. The molecule has 0 saturated carbocycles. The Kier molecular flexibility index (Phi) is 5.63. The molecule has 1 heterocycles. The van der Waals surface area contributed by atoms with Gasteiger partial charge in [-0.2, -0.15) is 16.7 Å². The number of nitro groups is 1. The monoisotopic (exact) mass is 271 g/mol. The maximum Gasteiger partial charge on any atom is 0.329 e. The molecule has 1 aromatic heterocycles. The van der Waals surface area contributed by atoms with Gasteiger partial charge in [0.25, 0.3) is 0 Å². The van der Waals surface area contributed by atoms with Crippen LogP contribution in [0.25, 0.3) is 0 Å². The fraction of sp³-hybridized carbons (Fsp3) is 0.600. The zero-order valence-corrected chi connectivity index (χ0v) is 11.5. The number of nitrogens with one attached hydrogen (secondary N) is 2. The molecule has 7 nitrogen and oxygen atoms in total. The summed E-state index contributed by atoms with van der Waals surface area (Å²) < 4.78 is 0. The van der Waals surface area contributed by atoms with E-state index in [-0.39, 0.29) is 11.5 Å². The summed E-state index contributed by atoms with van der Waals surface area (Å²) in [5.41, 5.74) is -0.106. The highest BCUT2D eigenvalue weighted by molar-refractivity contribution is 7.99. The topological polar surface area (TPSA) is 93.0 Å². The molecule has 0 aromatic carbocycles. The van der Waals surface area contributed by atoms with Crippen molar-refractivity contribution >= 4 is 29.2 Å². The van der Waals surface area contributed by atoms with Crippen LogP contribution in [0.2, 0.25) is 0 Å². The summed E-state index contributed by atoms with van der Waals surface area (Å²) in [6, 6.07) is 0. The quantitative estimate of drug-likeness (QED) is 0.578. The average Bonchev–Trinajstić information content (AvgIpc) is 2.37. The van der Waals surface area contributed by atoms with E-state index in [1.807, 2.05) is 6.26 Å². The molecule has 0 saturated heterocycles. The second-order valence-corrected chi connectivity index (χ2v) is 4.97. The number of rotatable bonds is 7. The van der Waals surface area contributed by atoms with Gasteiger partial charge in [0.05, 0.1) is 4.92 Å². The normalized spacial score (nSPS) is 11.9. The predicted molar refractivity (Wildman–Crippen MR) is 74.3 cm³/mol. The van der Waals surface area contributed by atoms with Gasteiger partial charge in [-0.15, -0.1) is 0 Å². The minimum atomic E-state index is -0.486. The summed E-state index contributed by atoms with van der Waals surface area (Å²) in [4.78, 5) is 18.2. The Labute approximate surface area is 110 Å². The Morgan fingerprint density at radius 2 is 2.33 bits per heavy atom. The third-order valence-electron chi connectivity index (χ3n) is 2.44. The molecule has 1 aromatic rings. The van der Waals surface area contributed by atoms with E-state index in [9.17, 15) is 10.1 Å². The van der Waals surface area contributed by atoms with Crippen LogP contribution in [0.1, 0.15) is 13.3 Å². The van der Waals surface area contributed by atoms with E-state index in [1.165, 1.54) is 6.20 Å². The number of aromatic nitrogens is 2. The Hall–Kier alpha value is -1.57. The highest BCUT2D eigenvalue weighted by Gasteiger charge is 2.16. The summed E-state index contributed by atoms with van der Waals surface area (Å²) in [6.45, 7) is 2.75. The van der Waals surface area contributed by atoms with Gasteiger partial charge in [-0.25, -0.2) is 4.98 Å². The molecule has 18 heavy (non-hydrogen) atoms. The first-order chi connectivity index (χ1) is 8.58. The molecule has 0 aliphatic rings. The first-order valence-corrected chi connectivity index (χ1v) is 6.83. The van der Waals surface area contributed by atoms with Crippen molar-refractivity contribution in [1.82, 2.24) is 9.97 Å². The van der Waals surface area contributed by atoms with Crippen molar-refractivity contribution in [3.05, 3.63) is 16.3 Å². The van der Waals surface area contributed by atoms with Crippen molar-refractivity contribution in [3.8, 4) is 0 Å².